The maximum absolute atomic E-state index is 12.3. The molecular formula is C22H28N2O6. The van der Waals surface area contributed by atoms with Gasteiger partial charge in [-0.2, -0.15) is 0 Å². The summed E-state index contributed by atoms with van der Waals surface area (Å²) in [5.41, 5.74) is 2.55. The van der Waals surface area contributed by atoms with E-state index in [1.165, 1.54) is 0 Å². The van der Waals surface area contributed by atoms with Crippen molar-refractivity contribution >= 4 is 17.7 Å². The summed E-state index contributed by atoms with van der Waals surface area (Å²) in [4.78, 5) is 28.0. The summed E-state index contributed by atoms with van der Waals surface area (Å²) < 4.78 is 16.3. The Morgan fingerprint density at radius 3 is 2.60 bits per heavy atom. The normalized spacial score (nSPS) is 11.8. The molecule has 0 aliphatic carbocycles. The number of aromatic nitrogens is 1. The number of amides is 1. The number of pyridine rings is 1. The lowest BCUT2D eigenvalue weighted by Crippen LogP contribution is -2.29. The number of hydrogen-bond acceptors (Lipinski definition) is 6. The standard InChI is InChI=1S/C22H28N2O6/c1-5-28-19-10-9-16(12-20(21(25)26)30-14(2)3)11-18(19)24-22(27)29-13-17-8-6-7-15(4)23-17/h6-11,14,20H,5,12-13H2,1-4H3,(H,24,27)(H,25,26). The van der Waals surface area contributed by atoms with E-state index in [2.05, 4.69) is 10.3 Å². The lowest BCUT2D eigenvalue weighted by molar-refractivity contribution is -0.153. The molecule has 0 saturated carbocycles. The van der Waals surface area contributed by atoms with Crippen LogP contribution in [0.25, 0.3) is 0 Å². The predicted octanol–water partition coefficient (Wildman–Crippen LogP) is 3.96. The third-order valence-corrected chi connectivity index (χ3v) is 4.01. The molecule has 0 saturated heterocycles. The third kappa shape index (κ3) is 7.36. The summed E-state index contributed by atoms with van der Waals surface area (Å²) in [5.74, 6) is -0.583. The topological polar surface area (TPSA) is 107 Å². The first-order valence-corrected chi connectivity index (χ1v) is 9.78. The van der Waals surface area contributed by atoms with Crippen LogP contribution in [0, 0.1) is 6.92 Å². The number of carbonyl (C=O) groups is 2. The fraction of sp³-hybridized carbons (Fsp3) is 0.409. The van der Waals surface area contributed by atoms with E-state index in [4.69, 9.17) is 14.2 Å². The predicted molar refractivity (Wildman–Crippen MR) is 112 cm³/mol. The fourth-order valence-corrected chi connectivity index (χ4v) is 2.78. The molecule has 1 amide bonds. The molecule has 162 valence electrons. The van der Waals surface area contributed by atoms with Crippen LogP contribution >= 0.6 is 0 Å². The van der Waals surface area contributed by atoms with Crippen molar-refractivity contribution in [2.24, 2.45) is 0 Å². The maximum atomic E-state index is 12.3. The first kappa shape index (κ1) is 23.2. The molecule has 8 nitrogen and oxygen atoms in total. The van der Waals surface area contributed by atoms with E-state index in [9.17, 15) is 14.7 Å². The van der Waals surface area contributed by atoms with Gasteiger partial charge in [0.2, 0.25) is 0 Å². The summed E-state index contributed by atoms with van der Waals surface area (Å²) in [6.45, 7) is 7.68. The Balaban J connectivity index is 2.10. The highest BCUT2D eigenvalue weighted by Crippen LogP contribution is 2.27. The summed E-state index contributed by atoms with van der Waals surface area (Å²) in [5, 5.41) is 12.1. The minimum absolute atomic E-state index is 0.0283. The average molecular weight is 416 g/mol. The molecule has 0 fully saturated rings. The van der Waals surface area contributed by atoms with Gasteiger partial charge in [0.1, 0.15) is 12.4 Å². The zero-order valence-corrected chi connectivity index (χ0v) is 17.7. The second kappa shape index (κ2) is 11.2. The van der Waals surface area contributed by atoms with Crippen LogP contribution in [0.3, 0.4) is 0 Å². The number of nitrogens with one attached hydrogen (secondary N) is 1. The Labute approximate surface area is 176 Å². The molecule has 1 heterocycles. The molecular weight excluding hydrogens is 388 g/mol. The van der Waals surface area contributed by atoms with E-state index < -0.39 is 18.2 Å². The summed E-state index contributed by atoms with van der Waals surface area (Å²) >= 11 is 0. The Morgan fingerprint density at radius 1 is 1.20 bits per heavy atom. The van der Waals surface area contributed by atoms with Gasteiger partial charge in [0.25, 0.3) is 0 Å². The van der Waals surface area contributed by atoms with E-state index in [1.54, 1.807) is 38.1 Å². The molecule has 0 spiro atoms. The average Bonchev–Trinajstić information content (AvgIpc) is 2.67. The van der Waals surface area contributed by atoms with E-state index in [0.717, 1.165) is 5.69 Å². The summed E-state index contributed by atoms with van der Waals surface area (Å²) in [6, 6.07) is 10.6. The number of hydrogen-bond donors (Lipinski definition) is 2. The van der Waals surface area contributed by atoms with Crippen molar-refractivity contribution < 1.29 is 28.9 Å². The van der Waals surface area contributed by atoms with Crippen molar-refractivity contribution in [2.75, 3.05) is 11.9 Å². The Hall–Kier alpha value is -3.13. The van der Waals surface area contributed by atoms with Crippen LogP contribution in [0.5, 0.6) is 5.75 Å². The van der Waals surface area contributed by atoms with E-state index in [0.29, 0.717) is 29.3 Å². The number of carboxylic acid groups (broad SMARTS) is 1. The van der Waals surface area contributed by atoms with Gasteiger partial charge in [-0.25, -0.2) is 9.59 Å². The second-order valence-electron chi connectivity index (χ2n) is 6.95. The lowest BCUT2D eigenvalue weighted by Gasteiger charge is -2.18. The second-order valence-corrected chi connectivity index (χ2v) is 6.95. The Bertz CT molecular complexity index is 868. The number of aliphatic carboxylic acids is 1. The number of aryl methyl sites for hydroxylation is 1. The van der Waals surface area contributed by atoms with Gasteiger partial charge in [0.15, 0.2) is 6.10 Å². The highest BCUT2D eigenvalue weighted by molar-refractivity contribution is 5.87. The van der Waals surface area contributed by atoms with Gasteiger partial charge in [-0.3, -0.25) is 10.3 Å². The summed E-state index contributed by atoms with van der Waals surface area (Å²) in [6.07, 6.45) is -1.73. The summed E-state index contributed by atoms with van der Waals surface area (Å²) in [7, 11) is 0. The monoisotopic (exact) mass is 416 g/mol. The van der Waals surface area contributed by atoms with Crippen molar-refractivity contribution in [1.29, 1.82) is 0 Å². The molecule has 2 rings (SSSR count). The fourth-order valence-electron chi connectivity index (χ4n) is 2.78. The lowest BCUT2D eigenvalue weighted by atomic mass is 10.1. The van der Waals surface area contributed by atoms with Crippen LogP contribution in [0.4, 0.5) is 10.5 Å². The molecule has 1 aromatic carbocycles. The van der Waals surface area contributed by atoms with Crippen LogP contribution in [0.15, 0.2) is 36.4 Å². The largest absolute Gasteiger partial charge is 0.492 e. The molecule has 2 N–H and O–H groups in total. The number of carbonyl (C=O) groups excluding carboxylic acids is 1. The van der Waals surface area contributed by atoms with Crippen LogP contribution in [0.1, 0.15) is 37.7 Å². The molecule has 0 bridgehead atoms. The van der Waals surface area contributed by atoms with Gasteiger partial charge in [0.05, 0.1) is 24.1 Å². The molecule has 1 atom stereocenters. The molecule has 8 heteroatoms. The van der Waals surface area contributed by atoms with Gasteiger partial charge < -0.3 is 19.3 Å². The highest BCUT2D eigenvalue weighted by atomic mass is 16.5. The molecule has 30 heavy (non-hydrogen) atoms. The minimum atomic E-state index is -1.04. The van der Waals surface area contributed by atoms with Crippen molar-refractivity contribution in [3.8, 4) is 5.75 Å². The highest BCUT2D eigenvalue weighted by Gasteiger charge is 2.21. The third-order valence-electron chi connectivity index (χ3n) is 4.01. The number of anilines is 1. The molecule has 2 aromatic rings. The van der Waals surface area contributed by atoms with Crippen LogP contribution < -0.4 is 10.1 Å². The molecule has 0 aliphatic rings. The molecule has 0 radical (unpaired) electrons. The quantitative estimate of drug-likeness (QED) is 0.604. The first-order chi connectivity index (χ1) is 14.3. The number of nitrogens with zero attached hydrogens (tertiary/aromatic N) is 1. The van der Waals surface area contributed by atoms with E-state index in [-0.39, 0.29) is 19.1 Å². The number of benzene rings is 1. The smallest absolute Gasteiger partial charge is 0.412 e. The zero-order chi connectivity index (χ0) is 22.1. The van der Waals surface area contributed by atoms with Gasteiger partial charge in [-0.15, -0.1) is 0 Å². The van der Waals surface area contributed by atoms with Gasteiger partial charge >= 0.3 is 12.1 Å². The van der Waals surface area contributed by atoms with Crippen molar-refractivity contribution in [1.82, 2.24) is 4.98 Å². The number of rotatable bonds is 10. The molecule has 1 unspecified atom stereocenters. The number of ether oxygens (including phenoxy) is 3. The zero-order valence-electron chi connectivity index (χ0n) is 17.7. The van der Waals surface area contributed by atoms with Gasteiger partial charge in [-0.05, 0) is 57.5 Å². The van der Waals surface area contributed by atoms with Crippen LogP contribution in [-0.2, 0) is 27.3 Å². The maximum Gasteiger partial charge on any atom is 0.412 e. The minimum Gasteiger partial charge on any atom is -0.492 e. The van der Waals surface area contributed by atoms with E-state index >= 15 is 0 Å². The van der Waals surface area contributed by atoms with Crippen molar-refractivity contribution in [3.63, 3.8) is 0 Å². The Morgan fingerprint density at radius 2 is 1.97 bits per heavy atom. The van der Waals surface area contributed by atoms with Gasteiger partial charge in [0, 0.05) is 12.1 Å². The first-order valence-electron chi connectivity index (χ1n) is 9.78. The Kier molecular flexibility index (Phi) is 8.61. The van der Waals surface area contributed by atoms with Crippen molar-refractivity contribution in [2.45, 2.75) is 52.9 Å². The molecule has 0 aliphatic heterocycles. The van der Waals surface area contributed by atoms with Gasteiger partial charge in [-0.1, -0.05) is 12.1 Å². The number of carboxylic acids is 1. The van der Waals surface area contributed by atoms with Crippen molar-refractivity contribution in [3.05, 3.63) is 53.3 Å². The van der Waals surface area contributed by atoms with Crippen LogP contribution in [-0.4, -0.2) is 41.0 Å². The molecule has 1 aromatic heterocycles. The van der Waals surface area contributed by atoms with Crippen LogP contribution in [0.2, 0.25) is 0 Å². The van der Waals surface area contributed by atoms with E-state index in [1.807, 2.05) is 26.0 Å². The SMILES string of the molecule is CCOc1ccc(CC(OC(C)C)C(=O)O)cc1NC(=O)OCc1cccc(C)n1.